The summed E-state index contributed by atoms with van der Waals surface area (Å²) in [5.41, 5.74) is 4.67. The molecule has 1 saturated carbocycles. The van der Waals surface area contributed by atoms with Crippen LogP contribution in [0.5, 0.6) is 0 Å². The zero-order valence-corrected chi connectivity index (χ0v) is 9.93. The maximum atomic E-state index is 12.2. The lowest BCUT2D eigenvalue weighted by molar-refractivity contribution is -0.135. The van der Waals surface area contributed by atoms with Gasteiger partial charge >= 0.3 is 0 Å². The van der Waals surface area contributed by atoms with Crippen molar-refractivity contribution in [1.29, 1.82) is 0 Å². The highest BCUT2D eigenvalue weighted by Gasteiger charge is 2.55. The quantitative estimate of drug-likeness (QED) is 0.230. The summed E-state index contributed by atoms with van der Waals surface area (Å²) < 4.78 is 4.90. The van der Waals surface area contributed by atoms with Gasteiger partial charge in [0.15, 0.2) is 5.84 Å². The van der Waals surface area contributed by atoms with Gasteiger partial charge in [0.05, 0.1) is 13.2 Å². The molecular formula is C10H19N3O4. The van der Waals surface area contributed by atoms with E-state index in [-0.39, 0.29) is 24.9 Å². The van der Waals surface area contributed by atoms with Crippen LogP contribution < -0.4 is 5.73 Å². The number of amidine groups is 1. The Morgan fingerprint density at radius 2 is 2.18 bits per heavy atom. The summed E-state index contributed by atoms with van der Waals surface area (Å²) in [6, 6.07) is 0. The highest BCUT2D eigenvalue weighted by atomic mass is 16.5. The number of hydrogen-bond acceptors (Lipinski definition) is 5. The van der Waals surface area contributed by atoms with E-state index in [1.165, 1.54) is 12.0 Å². The first-order chi connectivity index (χ1) is 8.12. The minimum atomic E-state index is -0.863. The lowest BCUT2D eigenvalue weighted by Gasteiger charge is -2.25. The van der Waals surface area contributed by atoms with Gasteiger partial charge < -0.3 is 25.7 Å². The lowest BCUT2D eigenvalue weighted by Crippen LogP contribution is -2.45. The van der Waals surface area contributed by atoms with Gasteiger partial charge in [0.2, 0.25) is 5.91 Å². The fraction of sp³-hybridized carbons (Fsp3) is 0.800. The molecule has 0 aromatic carbocycles. The van der Waals surface area contributed by atoms with E-state index >= 15 is 0 Å². The Hall–Kier alpha value is -1.34. The fourth-order valence-electron chi connectivity index (χ4n) is 1.74. The number of aliphatic hydroxyl groups excluding tert-OH is 1. The Balaban J connectivity index is 2.70. The molecule has 0 unspecified atom stereocenters. The Morgan fingerprint density at radius 3 is 2.59 bits per heavy atom. The van der Waals surface area contributed by atoms with Crippen molar-refractivity contribution in [2.75, 3.05) is 33.4 Å². The van der Waals surface area contributed by atoms with Crippen LogP contribution in [-0.2, 0) is 9.53 Å². The second kappa shape index (κ2) is 5.83. The van der Waals surface area contributed by atoms with Gasteiger partial charge in [0.25, 0.3) is 0 Å². The molecule has 1 rings (SSSR count). The van der Waals surface area contributed by atoms with E-state index in [1.807, 2.05) is 0 Å². The average molecular weight is 245 g/mol. The number of methoxy groups -OCH3 is 1. The molecule has 7 heteroatoms. The van der Waals surface area contributed by atoms with Crippen molar-refractivity contribution in [3.05, 3.63) is 0 Å². The van der Waals surface area contributed by atoms with E-state index in [2.05, 4.69) is 5.16 Å². The maximum Gasteiger partial charge on any atom is 0.236 e. The van der Waals surface area contributed by atoms with Crippen LogP contribution in [0, 0.1) is 5.41 Å². The highest BCUT2D eigenvalue weighted by molar-refractivity contribution is 6.09. The van der Waals surface area contributed by atoms with Crippen LogP contribution in [0.2, 0.25) is 0 Å². The molecule has 0 saturated heterocycles. The van der Waals surface area contributed by atoms with Crippen LogP contribution in [0.15, 0.2) is 5.16 Å². The van der Waals surface area contributed by atoms with E-state index in [0.717, 1.165) is 0 Å². The number of carbonyl (C=O) groups is 1. The monoisotopic (exact) mass is 245 g/mol. The van der Waals surface area contributed by atoms with Crippen molar-refractivity contribution < 1.29 is 19.8 Å². The molecule has 0 radical (unpaired) electrons. The predicted molar refractivity (Wildman–Crippen MR) is 60.6 cm³/mol. The van der Waals surface area contributed by atoms with Crippen molar-refractivity contribution in [2.24, 2.45) is 16.3 Å². The van der Waals surface area contributed by atoms with Gasteiger partial charge in [-0.25, -0.2) is 0 Å². The zero-order valence-electron chi connectivity index (χ0n) is 9.93. The van der Waals surface area contributed by atoms with Crippen molar-refractivity contribution in [1.82, 2.24) is 4.90 Å². The number of aliphatic hydroxyl groups is 1. The normalized spacial score (nSPS) is 17.9. The Labute approximate surface area is 99.8 Å². The summed E-state index contributed by atoms with van der Waals surface area (Å²) in [5, 5.41) is 20.5. The van der Waals surface area contributed by atoms with Gasteiger partial charge in [0, 0.05) is 20.2 Å². The maximum absolute atomic E-state index is 12.2. The summed E-state index contributed by atoms with van der Waals surface area (Å²) in [6.07, 6.45) is 1.16. The van der Waals surface area contributed by atoms with E-state index in [4.69, 9.17) is 20.8 Å². The molecule has 0 aromatic rings. The minimum Gasteiger partial charge on any atom is -0.409 e. The first-order valence-electron chi connectivity index (χ1n) is 5.49. The van der Waals surface area contributed by atoms with Crippen molar-refractivity contribution in [3.8, 4) is 0 Å². The Bertz CT molecular complexity index is 302. The predicted octanol–water partition coefficient (Wildman–Crippen LogP) is -1.02. The topological polar surface area (TPSA) is 108 Å². The summed E-state index contributed by atoms with van der Waals surface area (Å²) in [6.45, 7) is 0.874. The number of nitrogens with zero attached hydrogens (tertiary/aromatic N) is 2. The van der Waals surface area contributed by atoms with Crippen molar-refractivity contribution >= 4 is 11.7 Å². The molecule has 0 heterocycles. The second-order valence-corrected chi connectivity index (χ2v) is 4.08. The molecule has 98 valence electrons. The molecule has 0 atom stereocenters. The van der Waals surface area contributed by atoms with Crippen LogP contribution in [-0.4, -0.2) is 60.4 Å². The number of hydrogen-bond donors (Lipinski definition) is 3. The Kier molecular flexibility index (Phi) is 4.71. The highest BCUT2D eigenvalue weighted by Crippen LogP contribution is 2.47. The van der Waals surface area contributed by atoms with E-state index < -0.39 is 5.41 Å². The van der Waals surface area contributed by atoms with Crippen molar-refractivity contribution in [3.63, 3.8) is 0 Å². The van der Waals surface area contributed by atoms with E-state index in [1.54, 1.807) is 0 Å². The minimum absolute atomic E-state index is 0.0529. The third kappa shape index (κ3) is 2.86. The zero-order chi connectivity index (χ0) is 12.9. The molecular weight excluding hydrogens is 226 g/mol. The molecule has 1 fully saturated rings. The van der Waals surface area contributed by atoms with Gasteiger partial charge in [-0.05, 0) is 12.8 Å². The number of ether oxygens (including phenoxy) is 1. The first kappa shape index (κ1) is 13.7. The van der Waals surface area contributed by atoms with Gasteiger partial charge in [0.1, 0.15) is 5.41 Å². The SMILES string of the molecule is COCCN(CCO)C(=O)C1(C(N)=NO)CC1. The summed E-state index contributed by atoms with van der Waals surface area (Å²) >= 11 is 0. The number of nitrogens with two attached hydrogens (primary N) is 1. The summed E-state index contributed by atoms with van der Waals surface area (Å²) in [4.78, 5) is 13.7. The van der Waals surface area contributed by atoms with Crippen LogP contribution in [0.1, 0.15) is 12.8 Å². The third-order valence-electron chi connectivity index (χ3n) is 2.98. The Morgan fingerprint density at radius 1 is 1.53 bits per heavy atom. The van der Waals surface area contributed by atoms with Gasteiger partial charge in [-0.2, -0.15) is 0 Å². The van der Waals surface area contributed by atoms with Crippen LogP contribution in [0.25, 0.3) is 0 Å². The van der Waals surface area contributed by atoms with Gasteiger partial charge in [-0.3, -0.25) is 4.79 Å². The van der Waals surface area contributed by atoms with E-state index in [0.29, 0.717) is 26.0 Å². The third-order valence-corrected chi connectivity index (χ3v) is 2.98. The van der Waals surface area contributed by atoms with Crippen LogP contribution in [0.3, 0.4) is 0 Å². The molecule has 17 heavy (non-hydrogen) atoms. The van der Waals surface area contributed by atoms with Crippen LogP contribution in [0.4, 0.5) is 0 Å². The molecule has 0 aliphatic heterocycles. The molecule has 1 amide bonds. The number of amides is 1. The second-order valence-electron chi connectivity index (χ2n) is 4.08. The molecule has 0 bridgehead atoms. The number of carbonyl (C=O) groups excluding carboxylic acids is 1. The summed E-state index contributed by atoms with van der Waals surface area (Å²) in [5.74, 6) is -0.262. The lowest BCUT2D eigenvalue weighted by atomic mass is 10.0. The molecule has 4 N–H and O–H groups in total. The number of rotatable bonds is 7. The standard InChI is InChI=1S/C10H19N3O4/c1-17-7-5-13(4-6-14)9(15)10(2-3-10)8(11)12-16/h14,16H,2-7H2,1H3,(H2,11,12). The van der Waals surface area contributed by atoms with Crippen molar-refractivity contribution in [2.45, 2.75) is 12.8 Å². The average Bonchev–Trinajstić information content (AvgIpc) is 3.14. The van der Waals surface area contributed by atoms with Crippen LogP contribution >= 0.6 is 0 Å². The summed E-state index contributed by atoms with van der Waals surface area (Å²) in [7, 11) is 1.54. The molecule has 1 aliphatic carbocycles. The first-order valence-corrected chi connectivity index (χ1v) is 5.49. The number of oxime groups is 1. The van der Waals surface area contributed by atoms with Gasteiger partial charge in [-0.1, -0.05) is 5.16 Å². The van der Waals surface area contributed by atoms with E-state index in [9.17, 15) is 4.79 Å². The molecule has 0 spiro atoms. The molecule has 7 nitrogen and oxygen atoms in total. The smallest absolute Gasteiger partial charge is 0.236 e. The molecule has 1 aliphatic rings. The largest absolute Gasteiger partial charge is 0.409 e. The molecule has 0 aromatic heterocycles. The van der Waals surface area contributed by atoms with Gasteiger partial charge in [-0.15, -0.1) is 0 Å². The fourth-order valence-corrected chi connectivity index (χ4v) is 1.74.